The second-order valence-corrected chi connectivity index (χ2v) is 10.2. The number of nitrogens with one attached hydrogen (secondary N) is 1. The molecular formula is C29H30N4O2S. The third kappa shape index (κ3) is 4.79. The highest BCUT2D eigenvalue weighted by atomic mass is 32.1. The highest BCUT2D eigenvalue weighted by Crippen LogP contribution is 2.42. The fourth-order valence-corrected chi connectivity index (χ4v) is 4.78. The third-order valence-corrected chi connectivity index (χ3v) is 6.65. The Morgan fingerprint density at radius 1 is 0.889 bits per heavy atom. The van der Waals surface area contributed by atoms with Crippen LogP contribution in [0.15, 0.2) is 91.4 Å². The molecule has 4 aromatic rings. The van der Waals surface area contributed by atoms with Crippen LogP contribution in [-0.4, -0.2) is 21.8 Å². The number of pyridine rings is 1. The molecule has 1 fully saturated rings. The normalized spacial score (nSPS) is 17.7. The van der Waals surface area contributed by atoms with E-state index in [0.29, 0.717) is 5.11 Å². The van der Waals surface area contributed by atoms with Gasteiger partial charge < -0.3 is 24.3 Å². The zero-order valence-electron chi connectivity index (χ0n) is 20.9. The maximum Gasteiger partial charge on any atom is 0.174 e. The first kappa shape index (κ1) is 23.9. The van der Waals surface area contributed by atoms with Crippen LogP contribution in [0.3, 0.4) is 0 Å². The standard InChI is InChI=1S/C29H30N4O2S/c1-29(2,3)32-18-16-20(19-32)27-26(25-7-5-6-17-30-25)31-28(36)33(27)21-8-10-23(11-9-21)35-24-14-12-22(34-4)13-15-24/h5-19,26-27H,1-4H3,(H,31,36)/t26-,27+/m1/s1. The summed E-state index contributed by atoms with van der Waals surface area (Å²) in [4.78, 5) is 6.82. The SMILES string of the molecule is COc1ccc(Oc2ccc(N3C(=S)N[C@H](c4ccccn4)[C@@H]3c3ccn(C(C)(C)C)c3)cc2)cc1. The number of nitrogens with zero attached hydrogens (tertiary/aromatic N) is 3. The van der Waals surface area contributed by atoms with Gasteiger partial charge in [0.2, 0.25) is 0 Å². The predicted molar refractivity (Wildman–Crippen MR) is 147 cm³/mol. The number of rotatable bonds is 6. The quantitative estimate of drug-likeness (QED) is 0.302. The average molecular weight is 499 g/mol. The van der Waals surface area contributed by atoms with Crippen LogP contribution in [0.1, 0.15) is 44.1 Å². The number of benzene rings is 2. The number of thiocarbonyl (C=S) groups is 1. The largest absolute Gasteiger partial charge is 0.497 e. The Labute approximate surface area is 217 Å². The molecule has 0 amide bonds. The molecule has 7 heteroatoms. The van der Waals surface area contributed by atoms with E-state index >= 15 is 0 Å². The summed E-state index contributed by atoms with van der Waals surface area (Å²) in [6.45, 7) is 6.59. The van der Waals surface area contributed by atoms with Gasteiger partial charge >= 0.3 is 0 Å². The lowest BCUT2D eigenvalue weighted by molar-refractivity contribution is 0.397. The summed E-state index contributed by atoms with van der Waals surface area (Å²) in [5.41, 5.74) is 3.10. The molecule has 5 rings (SSSR count). The van der Waals surface area contributed by atoms with Crippen molar-refractivity contribution in [3.05, 3.63) is 103 Å². The van der Waals surface area contributed by atoms with Crippen molar-refractivity contribution in [3.63, 3.8) is 0 Å². The molecular weight excluding hydrogens is 468 g/mol. The topological polar surface area (TPSA) is 51.6 Å². The van der Waals surface area contributed by atoms with Crippen LogP contribution in [0.25, 0.3) is 0 Å². The number of hydrogen-bond donors (Lipinski definition) is 1. The first-order chi connectivity index (χ1) is 17.3. The molecule has 0 aliphatic carbocycles. The minimum absolute atomic E-state index is 0.0173. The molecule has 6 nitrogen and oxygen atoms in total. The van der Waals surface area contributed by atoms with Gasteiger partial charge in [0.1, 0.15) is 17.2 Å². The Hall–Kier alpha value is -3.84. The van der Waals surface area contributed by atoms with Crippen LogP contribution in [0.4, 0.5) is 5.69 Å². The van der Waals surface area contributed by atoms with Crippen LogP contribution in [0.5, 0.6) is 17.2 Å². The molecule has 3 heterocycles. The van der Waals surface area contributed by atoms with E-state index in [1.54, 1.807) is 7.11 Å². The molecule has 2 aromatic carbocycles. The summed E-state index contributed by atoms with van der Waals surface area (Å²) in [6, 6.07) is 23.6. The summed E-state index contributed by atoms with van der Waals surface area (Å²) in [7, 11) is 1.65. The van der Waals surface area contributed by atoms with Crippen LogP contribution < -0.4 is 19.7 Å². The van der Waals surface area contributed by atoms with Gasteiger partial charge in [0.25, 0.3) is 0 Å². The van der Waals surface area contributed by atoms with Crippen molar-refractivity contribution in [1.82, 2.24) is 14.9 Å². The van der Waals surface area contributed by atoms with Gasteiger partial charge in [-0.25, -0.2) is 0 Å². The van der Waals surface area contributed by atoms with E-state index in [4.69, 9.17) is 21.7 Å². The van der Waals surface area contributed by atoms with Crippen molar-refractivity contribution in [1.29, 1.82) is 0 Å². The maximum absolute atomic E-state index is 6.03. The van der Waals surface area contributed by atoms with Crippen molar-refractivity contribution in [2.75, 3.05) is 12.0 Å². The molecule has 0 unspecified atom stereocenters. The summed E-state index contributed by atoms with van der Waals surface area (Å²) in [6.07, 6.45) is 6.17. The van der Waals surface area contributed by atoms with Crippen molar-refractivity contribution < 1.29 is 9.47 Å². The van der Waals surface area contributed by atoms with Gasteiger partial charge in [0.05, 0.1) is 24.9 Å². The van der Waals surface area contributed by atoms with Gasteiger partial charge in [-0.3, -0.25) is 4.98 Å². The monoisotopic (exact) mass is 498 g/mol. The van der Waals surface area contributed by atoms with Crippen molar-refractivity contribution in [2.45, 2.75) is 38.4 Å². The van der Waals surface area contributed by atoms with Gasteiger partial charge in [-0.15, -0.1) is 0 Å². The molecule has 1 saturated heterocycles. The zero-order valence-corrected chi connectivity index (χ0v) is 21.7. The number of ether oxygens (including phenoxy) is 2. The summed E-state index contributed by atoms with van der Waals surface area (Å²) in [5, 5.41) is 4.19. The Morgan fingerprint density at radius 3 is 2.14 bits per heavy atom. The van der Waals surface area contributed by atoms with Gasteiger partial charge in [-0.05, 0) is 105 Å². The average Bonchev–Trinajstić information content (AvgIpc) is 3.50. The second kappa shape index (κ2) is 9.66. The minimum atomic E-state index is -0.0789. The lowest BCUT2D eigenvalue weighted by Gasteiger charge is -2.28. The lowest BCUT2D eigenvalue weighted by atomic mass is 9.98. The molecule has 0 radical (unpaired) electrons. The van der Waals surface area contributed by atoms with Crippen LogP contribution in [0.2, 0.25) is 0 Å². The van der Waals surface area contributed by atoms with Crippen LogP contribution in [-0.2, 0) is 5.54 Å². The summed E-state index contributed by atoms with van der Waals surface area (Å²) < 4.78 is 13.5. The molecule has 1 aliphatic heterocycles. The van der Waals surface area contributed by atoms with E-state index in [1.165, 1.54) is 5.56 Å². The number of hydrogen-bond acceptors (Lipinski definition) is 4. The fraction of sp³-hybridized carbons (Fsp3) is 0.241. The van der Waals surface area contributed by atoms with E-state index in [1.807, 2.05) is 72.9 Å². The third-order valence-electron chi connectivity index (χ3n) is 6.34. The lowest BCUT2D eigenvalue weighted by Crippen LogP contribution is -2.29. The van der Waals surface area contributed by atoms with E-state index in [0.717, 1.165) is 28.6 Å². The van der Waals surface area contributed by atoms with Gasteiger partial charge in [-0.2, -0.15) is 0 Å². The predicted octanol–water partition coefficient (Wildman–Crippen LogP) is 6.62. The van der Waals surface area contributed by atoms with E-state index < -0.39 is 0 Å². The van der Waals surface area contributed by atoms with Crippen molar-refractivity contribution in [2.24, 2.45) is 0 Å². The van der Waals surface area contributed by atoms with Crippen LogP contribution in [0, 0.1) is 0 Å². The highest BCUT2D eigenvalue weighted by Gasteiger charge is 2.41. The smallest absolute Gasteiger partial charge is 0.174 e. The minimum Gasteiger partial charge on any atom is -0.497 e. The number of aromatic nitrogens is 2. The Kier molecular flexibility index (Phi) is 6.41. The number of methoxy groups -OCH3 is 1. The van der Waals surface area contributed by atoms with Gasteiger partial charge in [0, 0.05) is 29.8 Å². The fourth-order valence-electron chi connectivity index (χ4n) is 4.43. The maximum atomic E-state index is 6.03. The second-order valence-electron chi connectivity index (χ2n) is 9.79. The summed E-state index contributed by atoms with van der Waals surface area (Å²) >= 11 is 5.86. The molecule has 0 spiro atoms. The number of anilines is 1. The van der Waals surface area contributed by atoms with E-state index in [-0.39, 0.29) is 17.6 Å². The van der Waals surface area contributed by atoms with E-state index in [9.17, 15) is 0 Å². The first-order valence-electron chi connectivity index (χ1n) is 11.9. The Balaban J connectivity index is 1.46. The first-order valence-corrected chi connectivity index (χ1v) is 12.4. The highest BCUT2D eigenvalue weighted by molar-refractivity contribution is 7.80. The molecule has 2 aromatic heterocycles. The molecule has 2 atom stereocenters. The van der Waals surface area contributed by atoms with E-state index in [2.05, 4.69) is 59.0 Å². The van der Waals surface area contributed by atoms with Crippen molar-refractivity contribution >= 4 is 23.0 Å². The van der Waals surface area contributed by atoms with Crippen molar-refractivity contribution in [3.8, 4) is 17.2 Å². The van der Waals surface area contributed by atoms with Gasteiger partial charge in [-0.1, -0.05) is 6.07 Å². The Bertz CT molecular complexity index is 1330. The van der Waals surface area contributed by atoms with Crippen LogP contribution >= 0.6 is 12.2 Å². The Morgan fingerprint density at radius 2 is 1.56 bits per heavy atom. The summed E-state index contributed by atoms with van der Waals surface area (Å²) in [5.74, 6) is 2.29. The molecule has 0 bridgehead atoms. The molecule has 0 saturated carbocycles. The molecule has 184 valence electrons. The zero-order chi connectivity index (χ0) is 25.3. The van der Waals surface area contributed by atoms with Gasteiger partial charge in [0.15, 0.2) is 5.11 Å². The molecule has 1 aliphatic rings. The molecule has 36 heavy (non-hydrogen) atoms. The molecule has 1 N–H and O–H groups in total.